The lowest BCUT2D eigenvalue weighted by Crippen LogP contribution is -2.04. The van der Waals surface area contributed by atoms with Gasteiger partial charge in [-0.05, 0) is 24.6 Å². The van der Waals surface area contributed by atoms with Crippen LogP contribution < -0.4 is 5.73 Å². The minimum absolute atomic E-state index is 0.718. The molecular weight excluding hydrogens is 268 g/mol. The molecule has 0 radical (unpaired) electrons. The van der Waals surface area contributed by atoms with E-state index in [0.29, 0.717) is 0 Å². The van der Waals surface area contributed by atoms with Crippen molar-refractivity contribution in [1.29, 1.82) is 0 Å². The average Bonchev–Trinajstić information content (AvgIpc) is 2.78. The maximum absolute atomic E-state index is 6.12. The molecule has 2 aromatic rings. The number of hydrogen-bond acceptors (Lipinski definition) is 4. The van der Waals surface area contributed by atoms with Crippen molar-refractivity contribution in [2.75, 3.05) is 5.73 Å². The van der Waals surface area contributed by atoms with E-state index in [9.17, 15) is 0 Å². The maximum Gasteiger partial charge on any atom is 0.138 e. The lowest BCUT2D eigenvalue weighted by Gasteiger charge is -2.06. The first kappa shape index (κ1) is 13.2. The van der Waals surface area contributed by atoms with Crippen LogP contribution in [0.4, 0.5) is 5.69 Å². The van der Waals surface area contributed by atoms with Gasteiger partial charge in [-0.1, -0.05) is 18.5 Å². The number of anilines is 1. The van der Waals surface area contributed by atoms with Crippen molar-refractivity contribution in [1.82, 2.24) is 14.8 Å². The molecule has 0 saturated carbocycles. The number of benzene rings is 1. The van der Waals surface area contributed by atoms with Crippen molar-refractivity contribution in [3.05, 3.63) is 35.4 Å². The summed E-state index contributed by atoms with van der Waals surface area (Å²) in [5, 5.41) is 4.91. The predicted octanol–water partition coefficient (Wildman–Crippen LogP) is 3.22. The van der Waals surface area contributed by atoms with Gasteiger partial charge in [0.05, 0.1) is 10.8 Å². The van der Waals surface area contributed by atoms with Crippen molar-refractivity contribution in [3.63, 3.8) is 0 Å². The van der Waals surface area contributed by atoms with Gasteiger partial charge in [-0.15, -0.1) is 11.8 Å². The van der Waals surface area contributed by atoms with Gasteiger partial charge in [-0.2, -0.15) is 5.10 Å². The van der Waals surface area contributed by atoms with E-state index in [0.717, 1.165) is 40.1 Å². The van der Waals surface area contributed by atoms with E-state index < -0.39 is 0 Å². The van der Waals surface area contributed by atoms with E-state index in [2.05, 4.69) is 17.0 Å². The molecule has 1 aromatic carbocycles. The number of nitrogens with zero attached hydrogens (tertiary/aromatic N) is 3. The second-order valence-corrected chi connectivity index (χ2v) is 5.30. The lowest BCUT2D eigenvalue weighted by molar-refractivity contribution is 0.581. The van der Waals surface area contributed by atoms with Gasteiger partial charge in [0.1, 0.15) is 12.2 Å². The molecule has 1 aromatic heterocycles. The zero-order valence-electron chi connectivity index (χ0n) is 10.1. The number of rotatable bonds is 5. The first-order valence-electron chi connectivity index (χ1n) is 5.75. The number of hydrogen-bond donors (Lipinski definition) is 1. The molecule has 0 aliphatic heterocycles. The molecule has 4 nitrogen and oxygen atoms in total. The van der Waals surface area contributed by atoms with Crippen LogP contribution in [0.3, 0.4) is 0 Å². The van der Waals surface area contributed by atoms with E-state index in [1.807, 2.05) is 16.8 Å². The van der Waals surface area contributed by atoms with Crippen LogP contribution in [-0.4, -0.2) is 14.8 Å². The fourth-order valence-corrected chi connectivity index (χ4v) is 2.79. The average molecular weight is 283 g/mol. The monoisotopic (exact) mass is 282 g/mol. The number of aryl methyl sites for hydroxylation is 1. The normalized spacial score (nSPS) is 10.8. The van der Waals surface area contributed by atoms with Crippen molar-refractivity contribution in [2.45, 2.75) is 30.5 Å². The Morgan fingerprint density at radius 2 is 2.28 bits per heavy atom. The van der Waals surface area contributed by atoms with Gasteiger partial charge < -0.3 is 5.73 Å². The van der Waals surface area contributed by atoms with Crippen LogP contribution in [0.5, 0.6) is 0 Å². The minimum atomic E-state index is 0.718. The number of nitrogens with two attached hydrogens (primary N) is 1. The van der Waals surface area contributed by atoms with Gasteiger partial charge in [0.25, 0.3) is 0 Å². The second-order valence-electron chi connectivity index (χ2n) is 3.88. The first-order valence-corrected chi connectivity index (χ1v) is 7.11. The molecule has 6 heteroatoms. The summed E-state index contributed by atoms with van der Waals surface area (Å²) in [6, 6.07) is 5.50. The number of halogens is 1. The summed E-state index contributed by atoms with van der Waals surface area (Å²) in [5.41, 5.74) is 6.47. The van der Waals surface area contributed by atoms with Crippen LogP contribution in [0.15, 0.2) is 29.4 Å². The van der Waals surface area contributed by atoms with Crippen LogP contribution in [-0.2, 0) is 12.3 Å². The standard InChI is InChI=1S/C12H15ClN4S/c1-2-5-17-12(15-8-16-17)7-18-11-6-9(14)3-4-10(11)13/h3-4,6,8H,2,5,7,14H2,1H3. The highest BCUT2D eigenvalue weighted by molar-refractivity contribution is 7.98. The summed E-state index contributed by atoms with van der Waals surface area (Å²) in [6.07, 6.45) is 2.63. The molecule has 2 N–H and O–H groups in total. The Bertz CT molecular complexity index is 527. The molecule has 0 saturated heterocycles. The quantitative estimate of drug-likeness (QED) is 0.676. The second kappa shape index (κ2) is 6.11. The molecule has 1 heterocycles. The third kappa shape index (κ3) is 3.17. The van der Waals surface area contributed by atoms with Crippen LogP contribution in [0.2, 0.25) is 5.02 Å². The Kier molecular flexibility index (Phi) is 4.49. The SMILES string of the molecule is CCCn1ncnc1CSc1cc(N)ccc1Cl. The Morgan fingerprint density at radius 1 is 1.44 bits per heavy atom. The van der Waals surface area contributed by atoms with Crippen LogP contribution in [0.25, 0.3) is 0 Å². The van der Waals surface area contributed by atoms with Gasteiger partial charge >= 0.3 is 0 Å². The van der Waals surface area contributed by atoms with Crippen molar-refractivity contribution >= 4 is 29.1 Å². The summed E-state index contributed by atoms with van der Waals surface area (Å²) in [7, 11) is 0. The zero-order valence-corrected chi connectivity index (χ0v) is 11.7. The third-order valence-electron chi connectivity index (χ3n) is 2.44. The highest BCUT2D eigenvalue weighted by Gasteiger charge is 2.07. The van der Waals surface area contributed by atoms with Crippen molar-refractivity contribution < 1.29 is 0 Å². The van der Waals surface area contributed by atoms with Gasteiger partial charge in [-0.3, -0.25) is 0 Å². The lowest BCUT2D eigenvalue weighted by atomic mass is 10.3. The molecule has 0 amide bonds. The van der Waals surface area contributed by atoms with Crippen LogP contribution in [0.1, 0.15) is 19.2 Å². The molecule has 0 unspecified atom stereocenters. The Labute approximate surface area is 116 Å². The van der Waals surface area contributed by atoms with Crippen LogP contribution in [0, 0.1) is 0 Å². The summed E-state index contributed by atoms with van der Waals surface area (Å²) in [5.74, 6) is 1.70. The van der Waals surface area contributed by atoms with E-state index in [1.165, 1.54) is 0 Å². The molecule has 0 spiro atoms. The molecular formula is C12H15ClN4S. The van der Waals surface area contributed by atoms with Crippen LogP contribution >= 0.6 is 23.4 Å². The maximum atomic E-state index is 6.12. The van der Waals surface area contributed by atoms with Gasteiger partial charge in [0.2, 0.25) is 0 Å². The Hall–Kier alpha value is -1.20. The predicted molar refractivity (Wildman–Crippen MR) is 75.7 cm³/mol. The molecule has 2 rings (SSSR count). The van der Waals surface area contributed by atoms with Crippen molar-refractivity contribution in [2.24, 2.45) is 0 Å². The first-order chi connectivity index (χ1) is 8.70. The molecule has 96 valence electrons. The molecule has 0 fully saturated rings. The number of nitrogen functional groups attached to an aromatic ring is 1. The summed E-state index contributed by atoms with van der Waals surface area (Å²) in [4.78, 5) is 5.23. The summed E-state index contributed by atoms with van der Waals surface area (Å²) in [6.45, 7) is 3.01. The summed E-state index contributed by atoms with van der Waals surface area (Å²) >= 11 is 7.74. The molecule has 0 aliphatic rings. The fraction of sp³-hybridized carbons (Fsp3) is 0.333. The van der Waals surface area contributed by atoms with E-state index in [4.69, 9.17) is 17.3 Å². The van der Waals surface area contributed by atoms with E-state index in [-0.39, 0.29) is 0 Å². The third-order valence-corrected chi connectivity index (χ3v) is 3.94. The molecule has 0 bridgehead atoms. The van der Waals surface area contributed by atoms with Gasteiger partial charge in [0.15, 0.2) is 0 Å². The Morgan fingerprint density at radius 3 is 3.06 bits per heavy atom. The number of thioether (sulfide) groups is 1. The van der Waals surface area contributed by atoms with E-state index >= 15 is 0 Å². The summed E-state index contributed by atoms with van der Waals surface area (Å²) < 4.78 is 1.92. The topological polar surface area (TPSA) is 56.7 Å². The highest BCUT2D eigenvalue weighted by atomic mass is 35.5. The molecule has 0 aliphatic carbocycles. The zero-order chi connectivity index (χ0) is 13.0. The Balaban J connectivity index is 2.06. The smallest absolute Gasteiger partial charge is 0.138 e. The van der Waals surface area contributed by atoms with E-state index in [1.54, 1.807) is 24.2 Å². The molecule has 0 atom stereocenters. The van der Waals surface area contributed by atoms with Crippen molar-refractivity contribution in [3.8, 4) is 0 Å². The fourth-order valence-electron chi connectivity index (χ4n) is 1.57. The largest absolute Gasteiger partial charge is 0.399 e. The minimum Gasteiger partial charge on any atom is -0.399 e. The van der Waals surface area contributed by atoms with Gasteiger partial charge in [-0.25, -0.2) is 9.67 Å². The number of aromatic nitrogens is 3. The highest BCUT2D eigenvalue weighted by Crippen LogP contribution is 2.30. The molecule has 18 heavy (non-hydrogen) atoms. The van der Waals surface area contributed by atoms with Gasteiger partial charge in [0, 0.05) is 17.1 Å².